The van der Waals surface area contributed by atoms with Crippen molar-refractivity contribution in [1.29, 1.82) is 0 Å². The molecule has 2 heteroatoms. The standard InChI is InChI=1S/C22H38O2/c1-17(2)11-9-12-18(3,4)21(17,23)15-16-22(24)19(5,6)13-10-14-20(22,7)8/h23-24H,9-14H2,1-8H3. The Morgan fingerprint density at radius 1 is 0.500 bits per heavy atom. The predicted molar refractivity (Wildman–Crippen MR) is 101 cm³/mol. The van der Waals surface area contributed by atoms with Crippen molar-refractivity contribution < 1.29 is 10.2 Å². The minimum Gasteiger partial charge on any atom is -0.376 e. The van der Waals surface area contributed by atoms with E-state index in [9.17, 15) is 10.2 Å². The molecule has 2 nitrogen and oxygen atoms in total. The first-order valence-electron chi connectivity index (χ1n) is 9.61. The predicted octanol–water partition coefficient (Wildman–Crippen LogP) is 4.92. The van der Waals surface area contributed by atoms with E-state index in [0.29, 0.717) is 0 Å². The van der Waals surface area contributed by atoms with E-state index in [0.717, 1.165) is 38.5 Å². The van der Waals surface area contributed by atoms with Gasteiger partial charge in [-0.15, -0.1) is 0 Å². The van der Waals surface area contributed by atoms with Crippen LogP contribution in [0.1, 0.15) is 93.9 Å². The molecule has 0 spiro atoms. The van der Waals surface area contributed by atoms with Crippen LogP contribution in [0, 0.1) is 33.5 Å². The molecule has 0 atom stereocenters. The van der Waals surface area contributed by atoms with E-state index >= 15 is 0 Å². The van der Waals surface area contributed by atoms with E-state index < -0.39 is 11.2 Å². The summed E-state index contributed by atoms with van der Waals surface area (Å²) < 4.78 is 0. The normalized spacial score (nSPS) is 31.6. The molecule has 0 amide bonds. The second kappa shape index (κ2) is 5.49. The molecule has 0 aromatic heterocycles. The molecule has 2 fully saturated rings. The molecule has 0 unspecified atom stereocenters. The molecular formula is C22H38O2. The molecule has 0 radical (unpaired) electrons. The van der Waals surface area contributed by atoms with Crippen LogP contribution in [-0.2, 0) is 0 Å². The third-order valence-electron chi connectivity index (χ3n) is 7.55. The maximum absolute atomic E-state index is 11.6. The second-order valence-electron chi connectivity index (χ2n) is 10.9. The lowest BCUT2D eigenvalue weighted by Crippen LogP contribution is -2.59. The lowest BCUT2D eigenvalue weighted by Gasteiger charge is -2.55. The maximum Gasteiger partial charge on any atom is 0.135 e. The Morgan fingerprint density at radius 2 is 0.708 bits per heavy atom. The lowest BCUT2D eigenvalue weighted by molar-refractivity contribution is -0.141. The zero-order chi connectivity index (χ0) is 18.7. The van der Waals surface area contributed by atoms with Crippen LogP contribution in [0.25, 0.3) is 0 Å². The topological polar surface area (TPSA) is 40.5 Å². The number of hydrogen-bond acceptors (Lipinski definition) is 2. The van der Waals surface area contributed by atoms with Crippen LogP contribution in [0.15, 0.2) is 0 Å². The van der Waals surface area contributed by atoms with E-state index in [2.05, 4.69) is 67.2 Å². The molecule has 0 aliphatic heterocycles. The molecule has 0 heterocycles. The van der Waals surface area contributed by atoms with Crippen molar-refractivity contribution >= 4 is 0 Å². The van der Waals surface area contributed by atoms with Crippen LogP contribution in [-0.4, -0.2) is 21.4 Å². The van der Waals surface area contributed by atoms with Gasteiger partial charge in [-0.1, -0.05) is 80.1 Å². The van der Waals surface area contributed by atoms with Gasteiger partial charge in [0.15, 0.2) is 0 Å². The minimum absolute atomic E-state index is 0.277. The third kappa shape index (κ3) is 2.63. The fraction of sp³-hybridized carbons (Fsp3) is 0.909. The van der Waals surface area contributed by atoms with E-state index in [1.807, 2.05) is 0 Å². The molecule has 0 aromatic rings. The van der Waals surface area contributed by atoms with Gasteiger partial charge in [0, 0.05) is 21.7 Å². The molecule has 2 saturated carbocycles. The smallest absolute Gasteiger partial charge is 0.135 e. The highest BCUT2D eigenvalue weighted by molar-refractivity contribution is 5.33. The van der Waals surface area contributed by atoms with Gasteiger partial charge in [0.1, 0.15) is 11.2 Å². The van der Waals surface area contributed by atoms with E-state index in [1.54, 1.807) is 0 Å². The largest absolute Gasteiger partial charge is 0.376 e. The first-order valence-corrected chi connectivity index (χ1v) is 9.61. The molecule has 138 valence electrons. The summed E-state index contributed by atoms with van der Waals surface area (Å²) in [5, 5.41) is 23.3. The Bertz CT molecular complexity index is 474. The van der Waals surface area contributed by atoms with Crippen molar-refractivity contribution in [3.8, 4) is 11.8 Å². The lowest BCUT2D eigenvalue weighted by atomic mass is 9.52. The molecule has 0 saturated heterocycles. The van der Waals surface area contributed by atoms with Gasteiger partial charge in [-0.2, -0.15) is 0 Å². The molecule has 2 aliphatic rings. The van der Waals surface area contributed by atoms with Crippen LogP contribution in [0.3, 0.4) is 0 Å². The summed E-state index contributed by atoms with van der Waals surface area (Å²) in [6.45, 7) is 16.9. The van der Waals surface area contributed by atoms with Crippen molar-refractivity contribution in [1.82, 2.24) is 0 Å². The van der Waals surface area contributed by atoms with Crippen LogP contribution in [0.5, 0.6) is 0 Å². The molecule has 2 N–H and O–H groups in total. The van der Waals surface area contributed by atoms with Gasteiger partial charge in [0.25, 0.3) is 0 Å². The summed E-state index contributed by atoms with van der Waals surface area (Å²) in [5.74, 6) is 6.51. The van der Waals surface area contributed by atoms with Crippen LogP contribution < -0.4 is 0 Å². The highest BCUT2D eigenvalue weighted by Crippen LogP contribution is 2.56. The zero-order valence-electron chi connectivity index (χ0n) is 17.1. The molecule has 24 heavy (non-hydrogen) atoms. The van der Waals surface area contributed by atoms with Crippen LogP contribution >= 0.6 is 0 Å². The Labute approximate surface area is 149 Å². The van der Waals surface area contributed by atoms with Crippen LogP contribution in [0.2, 0.25) is 0 Å². The van der Waals surface area contributed by atoms with Gasteiger partial charge in [-0.25, -0.2) is 0 Å². The van der Waals surface area contributed by atoms with Gasteiger partial charge < -0.3 is 10.2 Å². The van der Waals surface area contributed by atoms with E-state index in [1.165, 1.54) is 0 Å². The average Bonchev–Trinajstić information content (AvgIpc) is 2.39. The van der Waals surface area contributed by atoms with Crippen molar-refractivity contribution in [2.45, 2.75) is 105 Å². The van der Waals surface area contributed by atoms with Gasteiger partial charge >= 0.3 is 0 Å². The summed E-state index contributed by atoms with van der Waals surface area (Å²) in [6.07, 6.45) is 6.09. The van der Waals surface area contributed by atoms with E-state index in [-0.39, 0.29) is 21.7 Å². The maximum atomic E-state index is 11.6. The van der Waals surface area contributed by atoms with Gasteiger partial charge in [-0.05, 0) is 25.7 Å². The molecule has 0 bridgehead atoms. The van der Waals surface area contributed by atoms with Crippen molar-refractivity contribution in [3.05, 3.63) is 0 Å². The highest BCUT2D eigenvalue weighted by Gasteiger charge is 2.58. The Morgan fingerprint density at radius 3 is 0.917 bits per heavy atom. The monoisotopic (exact) mass is 334 g/mol. The number of aliphatic hydroxyl groups is 2. The third-order valence-corrected chi connectivity index (χ3v) is 7.55. The van der Waals surface area contributed by atoms with Gasteiger partial charge in [0.2, 0.25) is 0 Å². The average molecular weight is 335 g/mol. The molecular weight excluding hydrogens is 296 g/mol. The first-order chi connectivity index (χ1) is 10.6. The molecule has 0 aromatic carbocycles. The zero-order valence-corrected chi connectivity index (χ0v) is 17.1. The Kier molecular flexibility index (Phi) is 4.53. The Balaban J connectivity index is 2.56. The summed E-state index contributed by atoms with van der Waals surface area (Å²) in [5.41, 5.74) is -3.28. The summed E-state index contributed by atoms with van der Waals surface area (Å²) in [4.78, 5) is 0. The highest BCUT2D eigenvalue weighted by atomic mass is 16.3. The summed E-state index contributed by atoms with van der Waals surface area (Å²) in [6, 6.07) is 0. The van der Waals surface area contributed by atoms with Crippen molar-refractivity contribution in [2.24, 2.45) is 21.7 Å². The van der Waals surface area contributed by atoms with Crippen molar-refractivity contribution in [3.63, 3.8) is 0 Å². The summed E-state index contributed by atoms with van der Waals surface area (Å²) in [7, 11) is 0. The van der Waals surface area contributed by atoms with Gasteiger partial charge in [0.05, 0.1) is 0 Å². The molecule has 2 rings (SSSR count). The van der Waals surface area contributed by atoms with E-state index in [4.69, 9.17) is 0 Å². The number of rotatable bonds is 0. The second-order valence-corrected chi connectivity index (χ2v) is 10.9. The van der Waals surface area contributed by atoms with Crippen LogP contribution in [0.4, 0.5) is 0 Å². The number of hydrogen-bond donors (Lipinski definition) is 2. The quantitative estimate of drug-likeness (QED) is 0.617. The SMILES string of the molecule is CC1(C)CCCC(C)(C)C1(O)C#CC1(O)C(C)(C)CCCC1(C)C. The Hall–Kier alpha value is -0.520. The van der Waals surface area contributed by atoms with Gasteiger partial charge in [-0.3, -0.25) is 0 Å². The molecule has 2 aliphatic carbocycles. The fourth-order valence-corrected chi connectivity index (χ4v) is 5.36. The van der Waals surface area contributed by atoms with Crippen molar-refractivity contribution in [2.75, 3.05) is 0 Å². The first kappa shape index (κ1) is 19.8. The fourth-order valence-electron chi connectivity index (χ4n) is 5.36. The summed E-state index contributed by atoms with van der Waals surface area (Å²) >= 11 is 0. The minimum atomic E-state index is -1.09.